The molecule has 1 saturated heterocycles. The molecule has 1 amide bonds. The van der Waals surface area contributed by atoms with Gasteiger partial charge in [-0.25, -0.2) is 0 Å². The molecule has 0 aliphatic carbocycles. The van der Waals surface area contributed by atoms with Crippen molar-refractivity contribution in [1.82, 2.24) is 5.32 Å². The lowest BCUT2D eigenvalue weighted by molar-refractivity contribution is -0.113. The van der Waals surface area contributed by atoms with E-state index in [4.69, 9.17) is 21.7 Å². The maximum Gasteiger partial charge on any atom is 0.281 e. The van der Waals surface area contributed by atoms with Gasteiger partial charge >= 0.3 is 0 Å². The molecule has 0 aromatic heterocycles. The minimum Gasteiger partial charge on any atom is -0.493 e. The molecule has 0 spiro atoms. The van der Waals surface area contributed by atoms with Gasteiger partial charge in [-0.15, -0.1) is 0 Å². The van der Waals surface area contributed by atoms with Gasteiger partial charge in [0.15, 0.2) is 16.6 Å². The summed E-state index contributed by atoms with van der Waals surface area (Å²) < 4.78 is 10.9. The first-order valence-corrected chi connectivity index (χ1v) is 9.25. The monoisotopic (exact) mass is 382 g/mol. The first kappa shape index (κ1) is 18.9. The van der Waals surface area contributed by atoms with Crippen LogP contribution in [0, 0.1) is 0 Å². The molecule has 0 radical (unpaired) electrons. The van der Waals surface area contributed by atoms with Crippen LogP contribution >= 0.6 is 12.2 Å². The molecule has 1 heterocycles. The highest BCUT2D eigenvalue weighted by Crippen LogP contribution is 2.30. The molecule has 0 atom stereocenters. The molecule has 1 fully saturated rings. The van der Waals surface area contributed by atoms with Crippen LogP contribution < -0.4 is 19.7 Å². The molecule has 0 saturated carbocycles. The summed E-state index contributed by atoms with van der Waals surface area (Å²) in [6.07, 6.45) is 2.66. The van der Waals surface area contributed by atoms with Crippen LogP contribution in [0.1, 0.15) is 25.0 Å². The number of methoxy groups -OCH3 is 1. The van der Waals surface area contributed by atoms with Crippen LogP contribution in [-0.4, -0.2) is 24.7 Å². The molecule has 2 aromatic rings. The van der Waals surface area contributed by atoms with Gasteiger partial charge < -0.3 is 14.8 Å². The third-order valence-electron chi connectivity index (χ3n) is 4.25. The zero-order valence-electron chi connectivity index (χ0n) is 15.6. The average molecular weight is 382 g/mol. The summed E-state index contributed by atoms with van der Waals surface area (Å²) in [5.74, 6) is 1.11. The summed E-state index contributed by atoms with van der Waals surface area (Å²) in [5, 5.41) is 3.39. The van der Waals surface area contributed by atoms with E-state index in [1.807, 2.05) is 49.4 Å². The van der Waals surface area contributed by atoms with Crippen LogP contribution in [-0.2, 0) is 11.2 Å². The zero-order chi connectivity index (χ0) is 19.4. The summed E-state index contributed by atoms with van der Waals surface area (Å²) in [6, 6.07) is 13.4. The molecule has 1 aliphatic rings. The van der Waals surface area contributed by atoms with E-state index in [-0.39, 0.29) is 5.91 Å². The van der Waals surface area contributed by atoms with E-state index >= 15 is 0 Å². The van der Waals surface area contributed by atoms with Gasteiger partial charge in [-0.3, -0.25) is 9.69 Å². The highest BCUT2D eigenvalue weighted by atomic mass is 32.1. The van der Waals surface area contributed by atoms with Crippen molar-refractivity contribution in [2.45, 2.75) is 20.3 Å². The quantitative estimate of drug-likeness (QED) is 0.606. The number of carbonyl (C=O) groups is 1. The molecule has 140 valence electrons. The first-order chi connectivity index (χ1) is 13.1. The molecular weight excluding hydrogens is 360 g/mol. The van der Waals surface area contributed by atoms with Crippen LogP contribution in [0.5, 0.6) is 11.5 Å². The van der Waals surface area contributed by atoms with E-state index in [1.54, 1.807) is 13.2 Å². The van der Waals surface area contributed by atoms with Crippen LogP contribution in [0.15, 0.2) is 48.2 Å². The van der Waals surface area contributed by atoms with Gasteiger partial charge in [-0.2, -0.15) is 0 Å². The highest BCUT2D eigenvalue weighted by molar-refractivity contribution is 7.80. The van der Waals surface area contributed by atoms with Gasteiger partial charge in [0.05, 0.1) is 19.4 Å². The molecule has 0 bridgehead atoms. The Hall–Kier alpha value is -2.86. The molecule has 6 heteroatoms. The number of hydrogen-bond acceptors (Lipinski definition) is 4. The largest absolute Gasteiger partial charge is 0.493 e. The van der Waals surface area contributed by atoms with Crippen LogP contribution in [0.25, 0.3) is 6.08 Å². The second-order valence-electron chi connectivity index (χ2n) is 6.00. The van der Waals surface area contributed by atoms with Gasteiger partial charge in [0.2, 0.25) is 0 Å². The molecule has 0 unspecified atom stereocenters. The fraction of sp³-hybridized carbons (Fsp3) is 0.238. The van der Waals surface area contributed by atoms with E-state index in [0.29, 0.717) is 28.9 Å². The van der Waals surface area contributed by atoms with Crippen molar-refractivity contribution < 1.29 is 14.3 Å². The first-order valence-electron chi connectivity index (χ1n) is 8.84. The number of nitrogens with one attached hydrogen (secondary N) is 1. The third-order valence-corrected chi connectivity index (χ3v) is 4.54. The molecular formula is C21H22N2O3S. The maximum atomic E-state index is 12.9. The normalized spacial score (nSPS) is 15.2. The summed E-state index contributed by atoms with van der Waals surface area (Å²) in [7, 11) is 1.60. The summed E-state index contributed by atoms with van der Waals surface area (Å²) >= 11 is 5.39. The lowest BCUT2D eigenvalue weighted by Crippen LogP contribution is -2.30. The number of ether oxygens (including phenoxy) is 2. The van der Waals surface area contributed by atoms with Gasteiger partial charge in [-0.1, -0.05) is 25.1 Å². The number of thiocarbonyl (C=S) groups is 1. The predicted octanol–water partition coefficient (Wildman–Crippen LogP) is 3.92. The Morgan fingerprint density at radius 2 is 1.96 bits per heavy atom. The lowest BCUT2D eigenvalue weighted by atomic mass is 10.1. The molecule has 1 N–H and O–H groups in total. The average Bonchev–Trinajstić information content (AvgIpc) is 2.95. The second kappa shape index (κ2) is 8.22. The summed E-state index contributed by atoms with van der Waals surface area (Å²) in [4.78, 5) is 14.4. The Labute approximate surface area is 164 Å². The number of benzene rings is 2. The number of hydrogen-bond donors (Lipinski definition) is 1. The predicted molar refractivity (Wildman–Crippen MR) is 111 cm³/mol. The van der Waals surface area contributed by atoms with Gasteiger partial charge in [0, 0.05) is 0 Å². The number of nitrogens with zero attached hydrogens (tertiary/aromatic N) is 1. The molecule has 27 heavy (non-hydrogen) atoms. The van der Waals surface area contributed by atoms with Crippen molar-refractivity contribution in [2.75, 3.05) is 18.6 Å². The summed E-state index contributed by atoms with van der Waals surface area (Å²) in [6.45, 7) is 4.51. The minimum absolute atomic E-state index is 0.179. The topological polar surface area (TPSA) is 50.8 Å². The Bertz CT molecular complexity index is 908. The van der Waals surface area contributed by atoms with Crippen molar-refractivity contribution >= 4 is 35.0 Å². The van der Waals surface area contributed by atoms with Crippen molar-refractivity contribution in [3.05, 3.63) is 59.3 Å². The van der Waals surface area contributed by atoms with Gasteiger partial charge in [-0.05, 0) is 67.0 Å². The fourth-order valence-corrected chi connectivity index (χ4v) is 3.20. The van der Waals surface area contributed by atoms with E-state index in [0.717, 1.165) is 23.2 Å². The van der Waals surface area contributed by atoms with E-state index < -0.39 is 0 Å². The lowest BCUT2D eigenvalue weighted by Gasteiger charge is -2.14. The summed E-state index contributed by atoms with van der Waals surface area (Å²) in [5.41, 5.74) is 3.17. The standard InChI is InChI=1S/C21H22N2O3S/c1-4-14-7-6-8-16(11-14)23-20(24)17(22-21(23)27)12-15-9-10-18(25-3)19(13-15)26-5-2/h6-13H,4-5H2,1-3H3,(H,22,27)/b17-12-. The molecule has 5 nitrogen and oxygen atoms in total. The number of rotatable bonds is 6. The highest BCUT2D eigenvalue weighted by Gasteiger charge is 2.32. The van der Waals surface area contributed by atoms with Crippen LogP contribution in [0.2, 0.25) is 0 Å². The molecule has 3 rings (SSSR count). The van der Waals surface area contributed by atoms with Crippen LogP contribution in [0.3, 0.4) is 0 Å². The fourth-order valence-electron chi connectivity index (χ4n) is 2.90. The smallest absolute Gasteiger partial charge is 0.281 e. The molecule has 1 aliphatic heterocycles. The SMILES string of the molecule is CCOc1cc(/C=C2\NC(=S)N(c3cccc(CC)c3)C2=O)ccc1OC. The minimum atomic E-state index is -0.179. The van der Waals surface area contributed by atoms with E-state index in [2.05, 4.69) is 12.2 Å². The van der Waals surface area contributed by atoms with Crippen molar-refractivity contribution in [1.29, 1.82) is 0 Å². The van der Waals surface area contributed by atoms with Gasteiger partial charge in [0.1, 0.15) is 5.70 Å². The van der Waals surface area contributed by atoms with Crippen molar-refractivity contribution in [3.8, 4) is 11.5 Å². The molecule has 2 aromatic carbocycles. The number of aryl methyl sites for hydroxylation is 1. The number of amides is 1. The Morgan fingerprint density at radius 1 is 1.15 bits per heavy atom. The number of anilines is 1. The van der Waals surface area contributed by atoms with Crippen LogP contribution in [0.4, 0.5) is 5.69 Å². The third kappa shape index (κ3) is 3.95. The van der Waals surface area contributed by atoms with Crippen molar-refractivity contribution in [3.63, 3.8) is 0 Å². The number of carbonyl (C=O) groups excluding carboxylic acids is 1. The van der Waals surface area contributed by atoms with Gasteiger partial charge in [0.25, 0.3) is 5.91 Å². The van der Waals surface area contributed by atoms with E-state index in [9.17, 15) is 4.79 Å². The Morgan fingerprint density at radius 3 is 2.67 bits per heavy atom. The maximum absolute atomic E-state index is 12.9. The van der Waals surface area contributed by atoms with Crippen molar-refractivity contribution in [2.24, 2.45) is 0 Å². The van der Waals surface area contributed by atoms with E-state index in [1.165, 1.54) is 4.90 Å². The zero-order valence-corrected chi connectivity index (χ0v) is 16.4. The Kier molecular flexibility index (Phi) is 5.76. The second-order valence-corrected chi connectivity index (χ2v) is 6.38. The Balaban J connectivity index is 1.91.